The SMILES string of the molecule is C=C(F)C(=O)N1CCN(c2c(C#N)c(OC[C@@H]3CCCN3C)nc3c2CCN(c2c(C)ccc4[nH]ncc24)C3)C[C@@H]1C. The smallest absolute Gasteiger partial charge is 0.282 e. The number of carbonyl (C=O) groups excluding carboxylic acids is 1. The predicted molar refractivity (Wildman–Crippen MR) is 159 cm³/mol. The number of hydrogen-bond acceptors (Lipinski definition) is 8. The van der Waals surface area contributed by atoms with Gasteiger partial charge in [-0.1, -0.05) is 12.6 Å². The molecule has 0 unspecified atom stereocenters. The Labute approximate surface area is 245 Å². The first-order chi connectivity index (χ1) is 20.3. The van der Waals surface area contributed by atoms with Crippen LogP contribution in [0.25, 0.3) is 10.9 Å². The van der Waals surface area contributed by atoms with Crippen LogP contribution in [0.15, 0.2) is 30.7 Å². The molecular formula is C31H37FN8O2. The number of piperazine rings is 1. The number of pyridine rings is 1. The summed E-state index contributed by atoms with van der Waals surface area (Å²) >= 11 is 0. The van der Waals surface area contributed by atoms with Crippen molar-refractivity contribution in [3.63, 3.8) is 0 Å². The van der Waals surface area contributed by atoms with E-state index in [9.17, 15) is 14.4 Å². The molecule has 5 heterocycles. The van der Waals surface area contributed by atoms with E-state index in [0.29, 0.717) is 50.7 Å². The number of benzene rings is 1. The van der Waals surface area contributed by atoms with E-state index in [1.807, 2.05) is 19.2 Å². The van der Waals surface area contributed by atoms with Gasteiger partial charge in [-0.2, -0.15) is 10.4 Å². The van der Waals surface area contributed by atoms with Crippen molar-refractivity contribution < 1.29 is 13.9 Å². The molecule has 220 valence electrons. The number of anilines is 2. The number of nitrogens with one attached hydrogen (secondary N) is 1. The molecule has 0 radical (unpaired) electrons. The summed E-state index contributed by atoms with van der Waals surface area (Å²) in [4.78, 5) is 25.7. The number of nitrogens with zero attached hydrogens (tertiary/aromatic N) is 7. The minimum absolute atomic E-state index is 0.257. The lowest BCUT2D eigenvalue weighted by atomic mass is 9.96. The molecule has 2 atom stereocenters. The summed E-state index contributed by atoms with van der Waals surface area (Å²) in [5.41, 5.74) is 6.44. The van der Waals surface area contributed by atoms with Crippen LogP contribution in [0.2, 0.25) is 0 Å². The maximum Gasteiger partial charge on any atom is 0.282 e. The van der Waals surface area contributed by atoms with Crippen LogP contribution < -0.4 is 14.5 Å². The second-order valence-electron chi connectivity index (χ2n) is 11.7. The molecule has 2 fully saturated rings. The van der Waals surface area contributed by atoms with Gasteiger partial charge in [0, 0.05) is 49.2 Å². The lowest BCUT2D eigenvalue weighted by Gasteiger charge is -2.42. The Hall–Kier alpha value is -4.17. The maximum atomic E-state index is 13.7. The summed E-state index contributed by atoms with van der Waals surface area (Å²) in [5.74, 6) is -1.27. The molecule has 6 rings (SSSR count). The van der Waals surface area contributed by atoms with Crippen molar-refractivity contribution in [2.75, 3.05) is 56.2 Å². The number of amides is 1. The zero-order valence-corrected chi connectivity index (χ0v) is 24.5. The number of ether oxygens (including phenoxy) is 1. The van der Waals surface area contributed by atoms with Crippen LogP contribution >= 0.6 is 0 Å². The highest BCUT2D eigenvalue weighted by Crippen LogP contribution is 2.40. The Morgan fingerprint density at radius 1 is 1.24 bits per heavy atom. The molecule has 1 N–H and O–H groups in total. The molecule has 42 heavy (non-hydrogen) atoms. The van der Waals surface area contributed by atoms with E-state index < -0.39 is 11.7 Å². The monoisotopic (exact) mass is 572 g/mol. The number of halogens is 1. The summed E-state index contributed by atoms with van der Waals surface area (Å²) in [7, 11) is 2.10. The number of aromatic nitrogens is 3. The van der Waals surface area contributed by atoms with E-state index in [0.717, 1.165) is 65.0 Å². The van der Waals surface area contributed by atoms with Crippen LogP contribution in [0, 0.1) is 18.3 Å². The largest absolute Gasteiger partial charge is 0.475 e. The van der Waals surface area contributed by atoms with Gasteiger partial charge >= 0.3 is 0 Å². The van der Waals surface area contributed by atoms with Crippen LogP contribution in [-0.2, 0) is 17.8 Å². The molecule has 11 heteroatoms. The zero-order chi connectivity index (χ0) is 29.5. The number of nitriles is 1. The molecule has 3 aliphatic heterocycles. The summed E-state index contributed by atoms with van der Waals surface area (Å²) in [6.07, 6.45) is 4.73. The predicted octanol–water partition coefficient (Wildman–Crippen LogP) is 3.69. The third-order valence-electron chi connectivity index (χ3n) is 9.04. The average Bonchev–Trinajstić information content (AvgIpc) is 3.62. The second-order valence-corrected chi connectivity index (χ2v) is 11.7. The number of rotatable bonds is 6. The topological polar surface area (TPSA) is 105 Å². The molecule has 2 saturated heterocycles. The molecule has 0 saturated carbocycles. The van der Waals surface area contributed by atoms with E-state index in [2.05, 4.69) is 57.6 Å². The Morgan fingerprint density at radius 2 is 2.07 bits per heavy atom. The number of likely N-dealkylation sites (tertiary alicyclic amines) is 1. The maximum absolute atomic E-state index is 13.7. The summed E-state index contributed by atoms with van der Waals surface area (Å²) in [6, 6.07) is 6.58. The molecule has 3 aliphatic rings. The fourth-order valence-electron chi connectivity index (χ4n) is 6.79. The summed E-state index contributed by atoms with van der Waals surface area (Å²) in [5, 5.41) is 18.9. The Bertz CT molecular complexity index is 1580. The number of aryl methyl sites for hydroxylation is 1. The van der Waals surface area contributed by atoms with Crippen molar-refractivity contribution in [2.45, 2.75) is 51.7 Å². The third kappa shape index (κ3) is 4.94. The number of likely N-dealkylation sites (N-methyl/N-ethyl adjacent to an activating group) is 1. The molecule has 0 bridgehead atoms. The lowest BCUT2D eigenvalue weighted by molar-refractivity contribution is -0.131. The number of aromatic amines is 1. The van der Waals surface area contributed by atoms with Gasteiger partial charge in [-0.05, 0) is 58.3 Å². The van der Waals surface area contributed by atoms with Gasteiger partial charge in [0.05, 0.1) is 35.3 Å². The molecular weight excluding hydrogens is 535 g/mol. The highest BCUT2D eigenvalue weighted by molar-refractivity contribution is 5.93. The van der Waals surface area contributed by atoms with Crippen molar-refractivity contribution in [3.05, 3.63) is 53.1 Å². The fourth-order valence-corrected chi connectivity index (χ4v) is 6.79. The lowest BCUT2D eigenvalue weighted by Crippen LogP contribution is -2.54. The van der Waals surface area contributed by atoms with Crippen LogP contribution in [-0.4, -0.2) is 89.4 Å². The standard InChI is InChI=1S/C31H37FN8O2/c1-19-7-8-26-25(15-34-36-26)28(19)38-11-9-23-27(17-38)35-30(42-18-22-6-5-10-37(22)4)24(14-33)29(23)39-12-13-40(20(2)16-39)31(41)21(3)32/h7-8,15,20,22H,3,5-6,9-13,16-18H2,1-2,4H3,(H,34,36)/t20-,22-/m0/s1. The van der Waals surface area contributed by atoms with Crippen LogP contribution in [0.3, 0.4) is 0 Å². The van der Waals surface area contributed by atoms with Crippen LogP contribution in [0.4, 0.5) is 15.8 Å². The Morgan fingerprint density at radius 3 is 2.79 bits per heavy atom. The number of fused-ring (bicyclic) bond motifs is 2. The average molecular weight is 573 g/mol. The molecule has 2 aromatic heterocycles. The first kappa shape index (κ1) is 28.0. The van der Waals surface area contributed by atoms with Crippen molar-refractivity contribution in [2.24, 2.45) is 0 Å². The van der Waals surface area contributed by atoms with Gasteiger partial charge in [0.15, 0.2) is 5.83 Å². The first-order valence-corrected chi connectivity index (χ1v) is 14.6. The van der Waals surface area contributed by atoms with Crippen molar-refractivity contribution in [1.82, 2.24) is 25.0 Å². The minimum atomic E-state index is -0.954. The number of carbonyl (C=O) groups is 1. The van der Waals surface area contributed by atoms with E-state index in [1.54, 1.807) is 0 Å². The quantitative estimate of drug-likeness (QED) is 0.446. The third-order valence-corrected chi connectivity index (χ3v) is 9.04. The normalized spacial score (nSPS) is 21.0. The van der Waals surface area contributed by atoms with E-state index in [1.165, 1.54) is 4.90 Å². The number of hydrogen-bond donors (Lipinski definition) is 1. The Kier molecular flexibility index (Phi) is 7.49. The zero-order valence-electron chi connectivity index (χ0n) is 24.5. The van der Waals surface area contributed by atoms with Crippen LogP contribution in [0.1, 0.15) is 42.1 Å². The molecule has 1 aromatic carbocycles. The van der Waals surface area contributed by atoms with E-state index >= 15 is 0 Å². The van der Waals surface area contributed by atoms with E-state index in [-0.39, 0.29) is 12.1 Å². The fraction of sp³-hybridized carbons (Fsp3) is 0.484. The molecule has 10 nitrogen and oxygen atoms in total. The van der Waals surface area contributed by atoms with Gasteiger partial charge in [0.1, 0.15) is 18.2 Å². The summed E-state index contributed by atoms with van der Waals surface area (Å²) < 4.78 is 20.1. The first-order valence-electron chi connectivity index (χ1n) is 14.6. The van der Waals surface area contributed by atoms with E-state index in [4.69, 9.17) is 9.72 Å². The van der Waals surface area contributed by atoms with Crippen molar-refractivity contribution >= 4 is 28.2 Å². The van der Waals surface area contributed by atoms with Gasteiger partial charge in [-0.25, -0.2) is 9.37 Å². The van der Waals surface area contributed by atoms with Gasteiger partial charge in [-0.15, -0.1) is 0 Å². The van der Waals surface area contributed by atoms with Gasteiger partial charge in [0.2, 0.25) is 5.88 Å². The van der Waals surface area contributed by atoms with Gasteiger partial charge in [0.25, 0.3) is 5.91 Å². The molecule has 0 spiro atoms. The molecule has 1 amide bonds. The van der Waals surface area contributed by atoms with Gasteiger partial charge < -0.3 is 24.3 Å². The summed E-state index contributed by atoms with van der Waals surface area (Å²) in [6.45, 7) is 11.3. The highest BCUT2D eigenvalue weighted by atomic mass is 19.1. The second kappa shape index (κ2) is 11.2. The molecule has 3 aromatic rings. The van der Waals surface area contributed by atoms with Crippen molar-refractivity contribution in [3.8, 4) is 11.9 Å². The van der Waals surface area contributed by atoms with Gasteiger partial charge in [-0.3, -0.25) is 9.89 Å². The highest BCUT2D eigenvalue weighted by Gasteiger charge is 2.35. The van der Waals surface area contributed by atoms with Crippen LogP contribution in [0.5, 0.6) is 5.88 Å². The Balaban J connectivity index is 1.38. The number of H-pyrrole nitrogens is 1. The molecule has 0 aliphatic carbocycles. The minimum Gasteiger partial charge on any atom is -0.475 e. The van der Waals surface area contributed by atoms with Crippen molar-refractivity contribution in [1.29, 1.82) is 5.26 Å².